The summed E-state index contributed by atoms with van der Waals surface area (Å²) in [6.07, 6.45) is 4.90. The molecule has 2 amide bonds. The number of hydrogen-bond donors (Lipinski definition) is 1. The normalized spacial score (nSPS) is 19.5. The molecule has 2 atom stereocenters. The smallest absolute Gasteiger partial charge is 0.302 e. The standard InChI is InChI=1S/C37H42N8O6/c1-21-18-50-19-22(2)45(21)34(47)24-7-8-32(39-17-24)40-29-14-28(41-42(6)35(29)48)26-9-10-38-33(27(26)20-51-23(3)46)44-12-11-43-30(36(44)49)13-25-15-37(4,5)16-31(25)43/h7-10,13-14,17,21-22H,11-12,15-16,18-20H2,1-6H3,(H,39,40)/t21-,22-/m0/s1. The van der Waals surface area contributed by atoms with Gasteiger partial charge in [-0.15, -0.1) is 0 Å². The third kappa shape index (κ3) is 6.39. The molecular weight excluding hydrogens is 652 g/mol. The lowest BCUT2D eigenvalue weighted by atomic mass is 9.90. The second-order valence-electron chi connectivity index (χ2n) is 14.4. The quantitative estimate of drug-likeness (QED) is 0.282. The molecule has 2 aliphatic heterocycles. The Morgan fingerprint density at radius 2 is 1.80 bits per heavy atom. The molecule has 1 fully saturated rings. The van der Waals surface area contributed by atoms with Gasteiger partial charge in [0, 0.05) is 56.3 Å². The number of amides is 2. The van der Waals surface area contributed by atoms with E-state index < -0.39 is 11.5 Å². The largest absolute Gasteiger partial charge is 0.461 e. The maximum Gasteiger partial charge on any atom is 0.302 e. The summed E-state index contributed by atoms with van der Waals surface area (Å²) in [5, 5.41) is 7.61. The van der Waals surface area contributed by atoms with Crippen LogP contribution in [0.2, 0.25) is 0 Å². The van der Waals surface area contributed by atoms with Gasteiger partial charge >= 0.3 is 5.97 Å². The number of esters is 1. The maximum absolute atomic E-state index is 14.0. The van der Waals surface area contributed by atoms with E-state index in [1.165, 1.54) is 36.1 Å². The SMILES string of the molecule is CC(=O)OCc1c(-c2cc(Nc3ccc(C(=O)N4[C@@H](C)COC[C@@H]4C)cn3)c(=O)n(C)n2)ccnc1N1CCn2c(cc3c2CC(C)(C)C3)C1=O. The summed E-state index contributed by atoms with van der Waals surface area (Å²) in [5.74, 6) is -0.0838. The topological polar surface area (TPSA) is 154 Å². The van der Waals surface area contributed by atoms with Gasteiger partial charge in [-0.1, -0.05) is 13.8 Å². The van der Waals surface area contributed by atoms with Gasteiger partial charge in [-0.05, 0) is 68.0 Å². The summed E-state index contributed by atoms with van der Waals surface area (Å²) in [5.41, 5.74) is 4.83. The van der Waals surface area contributed by atoms with E-state index in [1.54, 1.807) is 40.3 Å². The van der Waals surface area contributed by atoms with E-state index in [1.807, 2.05) is 19.9 Å². The predicted octanol–water partition coefficient (Wildman–Crippen LogP) is 3.88. The lowest BCUT2D eigenvalue weighted by Gasteiger charge is -2.38. The van der Waals surface area contributed by atoms with E-state index in [-0.39, 0.29) is 41.6 Å². The minimum atomic E-state index is -0.491. The Balaban J connectivity index is 1.20. The third-order valence-electron chi connectivity index (χ3n) is 9.85. The molecule has 7 rings (SSSR count). The van der Waals surface area contributed by atoms with Gasteiger partial charge in [-0.25, -0.2) is 14.6 Å². The number of pyridine rings is 2. The van der Waals surface area contributed by atoms with Crippen LogP contribution in [0.25, 0.3) is 11.3 Å². The van der Waals surface area contributed by atoms with Gasteiger partial charge in [-0.3, -0.25) is 24.1 Å². The molecule has 0 radical (unpaired) electrons. The van der Waals surface area contributed by atoms with Crippen molar-refractivity contribution in [3.63, 3.8) is 0 Å². The van der Waals surface area contributed by atoms with Crippen molar-refractivity contribution in [3.05, 3.63) is 81.2 Å². The van der Waals surface area contributed by atoms with Crippen molar-refractivity contribution in [1.29, 1.82) is 0 Å². The maximum atomic E-state index is 14.0. The Morgan fingerprint density at radius 3 is 2.51 bits per heavy atom. The summed E-state index contributed by atoms with van der Waals surface area (Å²) in [6, 6.07) is 8.50. The first-order chi connectivity index (χ1) is 24.3. The van der Waals surface area contributed by atoms with Crippen LogP contribution >= 0.6 is 0 Å². The molecule has 3 aliphatic rings. The number of anilines is 3. The highest BCUT2D eigenvalue weighted by molar-refractivity contribution is 6.06. The van der Waals surface area contributed by atoms with E-state index in [4.69, 9.17) is 9.47 Å². The van der Waals surface area contributed by atoms with Gasteiger partial charge in [0.15, 0.2) is 0 Å². The van der Waals surface area contributed by atoms with Crippen molar-refractivity contribution < 1.29 is 23.9 Å². The molecular formula is C37H42N8O6. The molecule has 4 aromatic heterocycles. The highest BCUT2D eigenvalue weighted by Gasteiger charge is 2.38. The van der Waals surface area contributed by atoms with Gasteiger partial charge in [0.05, 0.1) is 36.6 Å². The minimum absolute atomic E-state index is 0.0652. The van der Waals surface area contributed by atoms with E-state index in [0.29, 0.717) is 66.0 Å². The lowest BCUT2D eigenvalue weighted by molar-refractivity contribution is -0.142. The van der Waals surface area contributed by atoms with Crippen LogP contribution in [-0.4, -0.2) is 78.8 Å². The second kappa shape index (κ2) is 13.1. The van der Waals surface area contributed by atoms with E-state index >= 15 is 0 Å². The molecule has 14 nitrogen and oxygen atoms in total. The highest BCUT2D eigenvalue weighted by Crippen LogP contribution is 2.40. The Morgan fingerprint density at radius 1 is 1.04 bits per heavy atom. The molecule has 1 N–H and O–H groups in total. The van der Waals surface area contributed by atoms with Crippen molar-refractivity contribution in [1.82, 2.24) is 29.2 Å². The number of fused-ring (bicyclic) bond motifs is 3. The average molecular weight is 695 g/mol. The molecule has 1 aliphatic carbocycles. The predicted molar refractivity (Wildman–Crippen MR) is 189 cm³/mol. The molecule has 4 aromatic rings. The van der Waals surface area contributed by atoms with E-state index in [2.05, 4.69) is 38.8 Å². The van der Waals surface area contributed by atoms with Gasteiger partial charge in [0.1, 0.15) is 29.6 Å². The number of nitrogens with zero attached hydrogens (tertiary/aromatic N) is 7. The van der Waals surface area contributed by atoms with E-state index in [9.17, 15) is 19.2 Å². The number of aryl methyl sites for hydroxylation is 1. The van der Waals surface area contributed by atoms with Crippen molar-refractivity contribution in [2.24, 2.45) is 12.5 Å². The molecule has 0 bridgehead atoms. The summed E-state index contributed by atoms with van der Waals surface area (Å²) in [7, 11) is 1.54. The summed E-state index contributed by atoms with van der Waals surface area (Å²) in [4.78, 5) is 65.1. The van der Waals surface area contributed by atoms with Gasteiger partial charge < -0.3 is 24.3 Å². The Kier molecular flexibility index (Phi) is 8.74. The molecule has 1 saturated heterocycles. The third-order valence-corrected chi connectivity index (χ3v) is 9.85. The zero-order chi connectivity index (χ0) is 36.2. The Labute approximate surface area is 295 Å². The molecule has 0 aromatic carbocycles. The Hall–Kier alpha value is -5.37. The molecule has 0 unspecified atom stereocenters. The fourth-order valence-corrected chi connectivity index (χ4v) is 7.50. The fraction of sp³-hybridized carbons (Fsp3) is 0.432. The first-order valence-electron chi connectivity index (χ1n) is 17.2. The van der Waals surface area contributed by atoms with Crippen LogP contribution in [0.1, 0.15) is 72.3 Å². The molecule has 6 heterocycles. The van der Waals surface area contributed by atoms with Crippen LogP contribution in [0.4, 0.5) is 17.3 Å². The zero-order valence-corrected chi connectivity index (χ0v) is 29.7. The molecule has 266 valence electrons. The monoisotopic (exact) mass is 694 g/mol. The Bertz CT molecular complexity index is 2090. The van der Waals surface area contributed by atoms with E-state index in [0.717, 1.165) is 12.8 Å². The van der Waals surface area contributed by atoms with Crippen molar-refractivity contribution >= 4 is 35.1 Å². The number of carbonyl (C=O) groups excluding carboxylic acids is 3. The number of ether oxygens (including phenoxy) is 2. The first-order valence-corrected chi connectivity index (χ1v) is 17.2. The fourth-order valence-electron chi connectivity index (χ4n) is 7.50. The van der Waals surface area contributed by atoms with Crippen molar-refractivity contribution in [2.75, 3.05) is 30.0 Å². The van der Waals surface area contributed by atoms with Crippen LogP contribution in [0.3, 0.4) is 0 Å². The number of morpholine rings is 1. The number of carbonyl (C=O) groups is 3. The summed E-state index contributed by atoms with van der Waals surface area (Å²) in [6.45, 7) is 11.5. The van der Waals surface area contributed by atoms with Crippen LogP contribution in [-0.2, 0) is 47.3 Å². The van der Waals surface area contributed by atoms with Crippen molar-refractivity contribution in [2.45, 2.75) is 72.7 Å². The zero-order valence-electron chi connectivity index (χ0n) is 29.7. The number of aromatic nitrogens is 5. The van der Waals surface area contributed by atoms with Gasteiger partial charge in [-0.2, -0.15) is 5.10 Å². The van der Waals surface area contributed by atoms with Crippen LogP contribution in [0, 0.1) is 5.41 Å². The average Bonchev–Trinajstić information content (AvgIpc) is 3.58. The number of nitrogens with one attached hydrogen (secondary N) is 1. The summed E-state index contributed by atoms with van der Waals surface area (Å²) >= 11 is 0. The molecule has 0 saturated carbocycles. The highest BCUT2D eigenvalue weighted by atomic mass is 16.5. The second-order valence-corrected chi connectivity index (χ2v) is 14.4. The number of rotatable bonds is 7. The van der Waals surface area contributed by atoms with Crippen molar-refractivity contribution in [3.8, 4) is 11.3 Å². The molecule has 14 heteroatoms. The molecule has 0 spiro atoms. The van der Waals surface area contributed by atoms with Crippen LogP contribution < -0.4 is 15.8 Å². The first kappa shape index (κ1) is 34.1. The number of hydrogen-bond acceptors (Lipinski definition) is 10. The van der Waals surface area contributed by atoms with Gasteiger partial charge in [0.25, 0.3) is 17.4 Å². The van der Waals surface area contributed by atoms with Crippen LogP contribution in [0.5, 0.6) is 0 Å². The lowest BCUT2D eigenvalue weighted by Crippen LogP contribution is -2.52. The molecule has 51 heavy (non-hydrogen) atoms. The van der Waals surface area contributed by atoms with Crippen LogP contribution in [0.15, 0.2) is 47.5 Å². The summed E-state index contributed by atoms with van der Waals surface area (Å²) < 4.78 is 14.4. The van der Waals surface area contributed by atoms with Gasteiger partial charge in [0.2, 0.25) is 0 Å². The minimum Gasteiger partial charge on any atom is -0.461 e.